The van der Waals surface area contributed by atoms with Crippen molar-refractivity contribution in [3.8, 4) is 0 Å². The molecular weight excluding hydrogens is 282 g/mol. The van der Waals surface area contributed by atoms with Gasteiger partial charge in [0.05, 0.1) is 0 Å². The Bertz CT molecular complexity index is 728. The van der Waals surface area contributed by atoms with Crippen LogP contribution in [-0.2, 0) is 9.59 Å². The lowest BCUT2D eigenvalue weighted by atomic mass is 10.1. The number of rotatable bonds is 5. The number of carbonyl (C=O) groups is 2. The van der Waals surface area contributed by atoms with Gasteiger partial charge >= 0.3 is 5.97 Å². The molecule has 22 heavy (non-hydrogen) atoms. The molecule has 0 fully saturated rings. The lowest BCUT2D eigenvalue weighted by Crippen LogP contribution is -2.54. The van der Waals surface area contributed by atoms with E-state index in [0.29, 0.717) is 0 Å². The van der Waals surface area contributed by atoms with Crippen molar-refractivity contribution >= 4 is 30.1 Å². The van der Waals surface area contributed by atoms with Gasteiger partial charge in [-0.05, 0) is 32.3 Å². The zero-order valence-corrected chi connectivity index (χ0v) is 12.7. The Morgan fingerprint density at radius 3 is 2.77 bits per heavy atom. The minimum absolute atomic E-state index is 0.524. The molecule has 6 nitrogen and oxygen atoms in total. The largest absolute Gasteiger partial charge is 0.480 e. The molecule has 118 valence electrons. The van der Waals surface area contributed by atoms with Crippen molar-refractivity contribution in [1.82, 2.24) is 10.3 Å². The molecule has 0 aromatic carbocycles. The van der Waals surface area contributed by atoms with Crippen LogP contribution in [-0.4, -0.2) is 33.5 Å². The number of aliphatic carboxylic acids is 1. The third kappa shape index (κ3) is 3.46. The topological polar surface area (TPSA) is 108 Å². The smallest absolute Gasteiger partial charge is 0.328 e. The summed E-state index contributed by atoms with van der Waals surface area (Å²) in [6.45, 7) is 2.83. The standard InChI is InChI=1S/C16H21N3O3/c1-16(2,15(21)22)19-14(20)12(17)8-7-10-9-18-13-6-4-3-5-11(10)13/h5-9,12,18H,3-4,17H2,1-2H3,(H,19,20)(H,21,22). The van der Waals surface area contributed by atoms with Crippen molar-refractivity contribution in [2.45, 2.75) is 38.3 Å². The van der Waals surface area contributed by atoms with Gasteiger partial charge in [0.25, 0.3) is 0 Å². The number of hydrogen-bond donors (Lipinski definition) is 4. The number of aromatic nitrogens is 1. The minimum Gasteiger partial charge on any atom is -0.480 e. The van der Waals surface area contributed by atoms with Crippen LogP contribution in [0.5, 0.6) is 0 Å². The first-order valence-electron chi connectivity index (χ1n) is 7.18. The van der Waals surface area contributed by atoms with Crippen molar-refractivity contribution in [3.63, 3.8) is 0 Å². The van der Waals surface area contributed by atoms with Crippen molar-refractivity contribution in [3.05, 3.63) is 28.4 Å². The van der Waals surface area contributed by atoms with Crippen molar-refractivity contribution in [2.75, 3.05) is 0 Å². The number of aromatic amines is 1. The third-order valence-corrected chi connectivity index (χ3v) is 3.60. The quantitative estimate of drug-likeness (QED) is 0.598. The zero-order chi connectivity index (χ0) is 16.3. The van der Waals surface area contributed by atoms with Gasteiger partial charge in [-0.15, -0.1) is 0 Å². The minimum atomic E-state index is -1.35. The van der Waals surface area contributed by atoms with Crippen LogP contribution in [0, 0.1) is 0 Å². The molecule has 0 saturated heterocycles. The number of fused-ring (bicyclic) bond motifs is 1. The molecule has 0 aliphatic heterocycles. The SMILES string of the molecule is CC(C)(NC(=O)C(N)C=Cc1c[nH]c2c1=CCCC=2)C(=O)O. The average molecular weight is 303 g/mol. The molecule has 0 bridgehead atoms. The van der Waals surface area contributed by atoms with Crippen molar-refractivity contribution in [1.29, 1.82) is 0 Å². The molecule has 5 N–H and O–H groups in total. The van der Waals surface area contributed by atoms with Crippen LogP contribution in [0.15, 0.2) is 12.3 Å². The molecule has 0 spiro atoms. The van der Waals surface area contributed by atoms with Crippen LogP contribution >= 0.6 is 0 Å². The van der Waals surface area contributed by atoms with Gasteiger partial charge in [0, 0.05) is 16.8 Å². The molecule has 1 unspecified atom stereocenters. The average Bonchev–Trinajstić information content (AvgIpc) is 2.87. The maximum Gasteiger partial charge on any atom is 0.328 e. The predicted octanol–water partition coefficient (Wildman–Crippen LogP) is -0.311. The highest BCUT2D eigenvalue weighted by Crippen LogP contribution is 2.03. The number of nitrogens with one attached hydrogen (secondary N) is 2. The van der Waals surface area contributed by atoms with Crippen LogP contribution in [0.4, 0.5) is 0 Å². The molecule has 1 aromatic rings. The first kappa shape index (κ1) is 16.0. The maximum absolute atomic E-state index is 11.9. The molecule has 0 saturated carbocycles. The summed E-state index contributed by atoms with van der Waals surface area (Å²) in [6.07, 6.45) is 11.5. The van der Waals surface area contributed by atoms with Gasteiger partial charge in [-0.3, -0.25) is 4.79 Å². The third-order valence-electron chi connectivity index (χ3n) is 3.60. The van der Waals surface area contributed by atoms with Crippen LogP contribution in [0.2, 0.25) is 0 Å². The first-order valence-corrected chi connectivity index (χ1v) is 7.18. The van der Waals surface area contributed by atoms with E-state index >= 15 is 0 Å². The summed E-state index contributed by atoms with van der Waals surface area (Å²) < 4.78 is 0. The molecule has 6 heteroatoms. The maximum atomic E-state index is 11.9. The van der Waals surface area contributed by atoms with E-state index in [-0.39, 0.29) is 0 Å². The fourth-order valence-corrected chi connectivity index (χ4v) is 2.20. The lowest BCUT2D eigenvalue weighted by molar-refractivity contribution is -0.146. The van der Waals surface area contributed by atoms with E-state index in [1.54, 1.807) is 12.2 Å². The van der Waals surface area contributed by atoms with Gasteiger partial charge in [0.1, 0.15) is 11.6 Å². The van der Waals surface area contributed by atoms with Gasteiger partial charge in [0.15, 0.2) is 0 Å². The summed E-state index contributed by atoms with van der Waals surface area (Å²) in [5, 5.41) is 13.6. The molecule has 1 heterocycles. The van der Waals surface area contributed by atoms with Gasteiger partial charge in [0.2, 0.25) is 5.91 Å². The molecule has 1 aromatic heterocycles. The number of nitrogens with two attached hydrogens (primary N) is 1. The summed E-state index contributed by atoms with van der Waals surface area (Å²) in [5.74, 6) is -1.63. The van der Waals surface area contributed by atoms with Crippen LogP contribution in [0.1, 0.15) is 32.3 Å². The summed E-state index contributed by atoms with van der Waals surface area (Å²) >= 11 is 0. The second-order valence-corrected chi connectivity index (χ2v) is 5.86. The highest BCUT2D eigenvalue weighted by molar-refractivity contribution is 5.90. The number of H-pyrrole nitrogens is 1. The van der Waals surface area contributed by atoms with Crippen LogP contribution in [0.3, 0.4) is 0 Å². The van der Waals surface area contributed by atoms with E-state index in [4.69, 9.17) is 10.8 Å². The van der Waals surface area contributed by atoms with E-state index in [1.807, 2.05) is 6.20 Å². The number of carboxylic acids is 1. The second kappa shape index (κ2) is 6.19. The fraction of sp³-hybridized carbons (Fsp3) is 0.375. The van der Waals surface area contributed by atoms with Crippen molar-refractivity contribution < 1.29 is 14.7 Å². The highest BCUT2D eigenvalue weighted by atomic mass is 16.4. The van der Waals surface area contributed by atoms with Crippen LogP contribution < -0.4 is 21.6 Å². The molecule has 1 aliphatic rings. The van der Waals surface area contributed by atoms with Gasteiger partial charge in [-0.1, -0.05) is 24.3 Å². The molecular formula is C16H21N3O3. The van der Waals surface area contributed by atoms with E-state index in [2.05, 4.69) is 22.5 Å². The summed E-state index contributed by atoms with van der Waals surface area (Å²) in [5.41, 5.74) is 5.41. The molecule has 1 atom stereocenters. The molecule has 2 rings (SSSR count). The predicted molar refractivity (Wildman–Crippen MR) is 85.1 cm³/mol. The number of carboxylic acid groups (broad SMARTS) is 1. The summed E-state index contributed by atoms with van der Waals surface area (Å²) in [4.78, 5) is 26.1. The second-order valence-electron chi connectivity index (χ2n) is 5.86. The fourth-order valence-electron chi connectivity index (χ4n) is 2.20. The molecule has 0 radical (unpaired) electrons. The number of carbonyl (C=O) groups excluding carboxylic acids is 1. The van der Waals surface area contributed by atoms with E-state index in [0.717, 1.165) is 29.0 Å². The Balaban J connectivity index is 2.09. The first-order chi connectivity index (χ1) is 10.3. The number of hydrogen-bond acceptors (Lipinski definition) is 3. The summed E-state index contributed by atoms with van der Waals surface area (Å²) in [6, 6.07) is -0.906. The van der Waals surface area contributed by atoms with E-state index < -0.39 is 23.5 Å². The monoisotopic (exact) mass is 303 g/mol. The van der Waals surface area contributed by atoms with Gasteiger partial charge < -0.3 is 21.1 Å². The van der Waals surface area contributed by atoms with Crippen molar-refractivity contribution in [2.24, 2.45) is 5.73 Å². The number of amides is 1. The Morgan fingerprint density at radius 2 is 2.09 bits per heavy atom. The summed E-state index contributed by atoms with van der Waals surface area (Å²) in [7, 11) is 0. The lowest BCUT2D eigenvalue weighted by Gasteiger charge is -2.22. The Labute approximate surface area is 128 Å². The Hall–Kier alpha value is -2.34. The molecule has 1 aliphatic carbocycles. The Kier molecular flexibility index (Phi) is 4.51. The zero-order valence-electron chi connectivity index (χ0n) is 12.7. The molecule has 1 amide bonds. The Morgan fingerprint density at radius 1 is 1.41 bits per heavy atom. The van der Waals surface area contributed by atoms with Crippen LogP contribution in [0.25, 0.3) is 18.2 Å². The van der Waals surface area contributed by atoms with Gasteiger partial charge in [-0.2, -0.15) is 0 Å². The van der Waals surface area contributed by atoms with E-state index in [9.17, 15) is 9.59 Å². The highest BCUT2D eigenvalue weighted by Gasteiger charge is 2.30. The normalized spacial score (nSPS) is 15.6. The van der Waals surface area contributed by atoms with E-state index in [1.165, 1.54) is 13.8 Å². The van der Waals surface area contributed by atoms with Gasteiger partial charge in [-0.25, -0.2) is 4.79 Å².